The van der Waals surface area contributed by atoms with E-state index in [1.165, 1.54) is 19.2 Å². The number of nitrogens with zero attached hydrogens (tertiary/aromatic N) is 2. The summed E-state index contributed by atoms with van der Waals surface area (Å²) in [5.74, 6) is -1.03. The molecule has 0 unspecified atom stereocenters. The minimum Gasteiger partial charge on any atom is -0.505 e. The topological polar surface area (TPSA) is 72.3 Å². The van der Waals surface area contributed by atoms with Gasteiger partial charge in [-0.25, -0.2) is 19.2 Å². The molecule has 0 aliphatic rings. The van der Waals surface area contributed by atoms with Crippen LogP contribution in [0.1, 0.15) is 10.4 Å². The van der Waals surface area contributed by atoms with E-state index < -0.39 is 17.5 Å². The monoisotopic (exact) mass is 324 g/mol. The second-order valence-corrected chi connectivity index (χ2v) is 5.03. The molecule has 2 aromatic carbocycles. The van der Waals surface area contributed by atoms with Crippen LogP contribution < -0.4 is 0 Å². The smallest absolute Gasteiger partial charge is 0.337 e. The Bertz CT molecular complexity index is 878. The molecular weight excluding hydrogens is 311 g/mol. The first-order valence-corrected chi connectivity index (χ1v) is 7.08. The second-order valence-electron chi connectivity index (χ2n) is 5.03. The van der Waals surface area contributed by atoms with Gasteiger partial charge in [0, 0.05) is 23.5 Å². The summed E-state index contributed by atoms with van der Waals surface area (Å²) in [4.78, 5) is 19.9. The maximum atomic E-state index is 13.4. The number of ether oxygens (including phenoxy) is 1. The number of methoxy groups -OCH3 is 1. The summed E-state index contributed by atoms with van der Waals surface area (Å²) >= 11 is 0. The second kappa shape index (κ2) is 6.45. The van der Waals surface area contributed by atoms with Crippen LogP contribution in [0, 0.1) is 5.82 Å². The molecule has 0 radical (unpaired) electrons. The summed E-state index contributed by atoms with van der Waals surface area (Å²) in [6.45, 7) is 0. The highest BCUT2D eigenvalue weighted by Gasteiger charge is 2.08. The normalized spacial score (nSPS) is 10.4. The Balaban J connectivity index is 1.86. The lowest BCUT2D eigenvalue weighted by Crippen LogP contribution is -2.00. The number of carbonyl (C=O) groups is 1. The first-order chi connectivity index (χ1) is 11.6. The molecule has 0 atom stereocenters. The van der Waals surface area contributed by atoms with Crippen LogP contribution in [0.15, 0.2) is 54.9 Å². The molecule has 0 bridgehead atoms. The number of phenols is 1. The number of aromatic hydroxyl groups is 1. The van der Waals surface area contributed by atoms with Crippen molar-refractivity contribution in [2.24, 2.45) is 0 Å². The molecule has 24 heavy (non-hydrogen) atoms. The first-order valence-electron chi connectivity index (χ1n) is 7.08. The molecule has 3 rings (SSSR count). The van der Waals surface area contributed by atoms with Crippen LogP contribution in [0.2, 0.25) is 0 Å². The molecule has 0 saturated carbocycles. The summed E-state index contributed by atoms with van der Waals surface area (Å²) in [5, 5.41) is 9.22. The van der Waals surface area contributed by atoms with E-state index in [9.17, 15) is 14.3 Å². The summed E-state index contributed by atoms with van der Waals surface area (Å²) in [6, 6.07) is 10.8. The minimum absolute atomic E-state index is 0.401. The zero-order chi connectivity index (χ0) is 17.1. The van der Waals surface area contributed by atoms with E-state index in [0.29, 0.717) is 22.5 Å². The summed E-state index contributed by atoms with van der Waals surface area (Å²) in [6.07, 6.45) is 3.14. The standard InChI is InChI=1S/C18H13FN2O3/c1-24-18(23)12-4-2-11(3-5-12)17-20-9-14(10-21-17)13-6-7-16(22)15(19)8-13/h2-10,22H,1H3. The number of benzene rings is 2. The highest BCUT2D eigenvalue weighted by molar-refractivity contribution is 5.89. The Morgan fingerprint density at radius 1 is 1.00 bits per heavy atom. The number of halogens is 1. The molecule has 5 nitrogen and oxygen atoms in total. The minimum atomic E-state index is -0.699. The van der Waals surface area contributed by atoms with Gasteiger partial charge in [-0.05, 0) is 29.8 Å². The van der Waals surface area contributed by atoms with Gasteiger partial charge in [0.05, 0.1) is 12.7 Å². The average Bonchev–Trinajstić information content (AvgIpc) is 2.63. The predicted octanol–water partition coefficient (Wildman–Crippen LogP) is 3.44. The van der Waals surface area contributed by atoms with E-state index in [0.717, 1.165) is 5.56 Å². The van der Waals surface area contributed by atoms with E-state index in [1.807, 2.05) is 0 Å². The number of hydrogen-bond acceptors (Lipinski definition) is 5. The number of esters is 1. The fourth-order valence-corrected chi connectivity index (χ4v) is 2.19. The molecule has 0 aliphatic heterocycles. The number of carbonyl (C=O) groups excluding carboxylic acids is 1. The lowest BCUT2D eigenvalue weighted by molar-refractivity contribution is 0.0600. The molecule has 1 N–H and O–H groups in total. The maximum Gasteiger partial charge on any atom is 0.337 e. The quantitative estimate of drug-likeness (QED) is 0.747. The lowest BCUT2D eigenvalue weighted by Gasteiger charge is -2.05. The number of rotatable bonds is 3. The van der Waals surface area contributed by atoms with E-state index in [4.69, 9.17) is 0 Å². The van der Waals surface area contributed by atoms with Crippen LogP contribution in [-0.2, 0) is 4.74 Å². The van der Waals surface area contributed by atoms with Crippen molar-refractivity contribution in [2.75, 3.05) is 7.11 Å². The van der Waals surface area contributed by atoms with Gasteiger partial charge in [0.2, 0.25) is 0 Å². The number of phenolic OH excluding ortho intramolecular Hbond substituents is 1. The van der Waals surface area contributed by atoms with Crippen molar-refractivity contribution in [1.29, 1.82) is 0 Å². The maximum absolute atomic E-state index is 13.4. The van der Waals surface area contributed by atoms with E-state index in [-0.39, 0.29) is 0 Å². The Labute approximate surface area is 137 Å². The van der Waals surface area contributed by atoms with E-state index >= 15 is 0 Å². The summed E-state index contributed by atoms with van der Waals surface area (Å²) in [7, 11) is 1.32. The van der Waals surface area contributed by atoms with Crippen LogP contribution in [0.3, 0.4) is 0 Å². The van der Waals surface area contributed by atoms with Gasteiger partial charge in [-0.3, -0.25) is 0 Å². The molecule has 120 valence electrons. The lowest BCUT2D eigenvalue weighted by atomic mass is 10.1. The average molecular weight is 324 g/mol. The van der Waals surface area contributed by atoms with Gasteiger partial charge >= 0.3 is 5.97 Å². The van der Waals surface area contributed by atoms with E-state index in [2.05, 4.69) is 14.7 Å². The Morgan fingerprint density at radius 2 is 1.62 bits per heavy atom. The van der Waals surface area contributed by atoms with Crippen molar-refractivity contribution >= 4 is 5.97 Å². The zero-order valence-electron chi connectivity index (χ0n) is 12.7. The Hall–Kier alpha value is -3.28. The van der Waals surface area contributed by atoms with Gasteiger partial charge in [0.15, 0.2) is 17.4 Å². The van der Waals surface area contributed by atoms with Gasteiger partial charge in [-0.2, -0.15) is 0 Å². The SMILES string of the molecule is COC(=O)c1ccc(-c2ncc(-c3ccc(O)c(F)c3)cn2)cc1. The number of hydrogen-bond donors (Lipinski definition) is 1. The summed E-state index contributed by atoms with van der Waals surface area (Å²) < 4.78 is 18.1. The van der Waals surface area contributed by atoms with Crippen LogP contribution >= 0.6 is 0 Å². The van der Waals surface area contributed by atoms with Gasteiger partial charge in [0.25, 0.3) is 0 Å². The Kier molecular flexibility index (Phi) is 4.20. The molecular formula is C18H13FN2O3. The predicted molar refractivity (Wildman–Crippen MR) is 85.9 cm³/mol. The molecule has 6 heteroatoms. The van der Waals surface area contributed by atoms with Crippen LogP contribution in [-0.4, -0.2) is 28.2 Å². The fraction of sp³-hybridized carbons (Fsp3) is 0.0556. The summed E-state index contributed by atoms with van der Waals surface area (Å²) in [5.41, 5.74) is 2.38. The van der Waals surface area contributed by atoms with Crippen LogP contribution in [0.5, 0.6) is 5.75 Å². The van der Waals surface area contributed by atoms with E-state index in [1.54, 1.807) is 42.7 Å². The van der Waals surface area contributed by atoms with Gasteiger partial charge in [-0.15, -0.1) is 0 Å². The van der Waals surface area contributed by atoms with Crippen molar-refractivity contribution in [3.8, 4) is 28.3 Å². The molecule has 0 saturated heterocycles. The molecule has 1 aromatic heterocycles. The third kappa shape index (κ3) is 3.08. The highest BCUT2D eigenvalue weighted by Crippen LogP contribution is 2.25. The largest absolute Gasteiger partial charge is 0.505 e. The molecule has 0 spiro atoms. The fourth-order valence-electron chi connectivity index (χ4n) is 2.19. The van der Waals surface area contributed by atoms with Crippen molar-refractivity contribution < 1.29 is 19.0 Å². The third-order valence-corrected chi connectivity index (χ3v) is 3.50. The molecule has 0 amide bonds. The van der Waals surface area contributed by atoms with Gasteiger partial charge in [0.1, 0.15) is 0 Å². The van der Waals surface area contributed by atoms with Crippen LogP contribution in [0.4, 0.5) is 4.39 Å². The number of aromatic nitrogens is 2. The molecule has 1 heterocycles. The van der Waals surface area contributed by atoms with Crippen molar-refractivity contribution in [1.82, 2.24) is 9.97 Å². The van der Waals surface area contributed by atoms with Crippen molar-refractivity contribution in [2.45, 2.75) is 0 Å². The van der Waals surface area contributed by atoms with Crippen molar-refractivity contribution in [3.05, 3.63) is 66.2 Å². The molecule has 3 aromatic rings. The molecule has 0 aliphatic carbocycles. The van der Waals surface area contributed by atoms with Gasteiger partial charge < -0.3 is 9.84 Å². The van der Waals surface area contributed by atoms with Gasteiger partial charge in [-0.1, -0.05) is 18.2 Å². The van der Waals surface area contributed by atoms with Crippen LogP contribution in [0.25, 0.3) is 22.5 Å². The first kappa shape index (κ1) is 15.6. The molecule has 0 fully saturated rings. The zero-order valence-corrected chi connectivity index (χ0v) is 12.7. The Morgan fingerprint density at radius 3 is 2.21 bits per heavy atom. The third-order valence-electron chi connectivity index (χ3n) is 3.50. The van der Waals surface area contributed by atoms with Crippen molar-refractivity contribution in [3.63, 3.8) is 0 Å². The highest BCUT2D eigenvalue weighted by atomic mass is 19.1.